The van der Waals surface area contributed by atoms with Crippen LogP contribution in [0, 0.1) is 13.8 Å². The summed E-state index contributed by atoms with van der Waals surface area (Å²) in [5.74, 6) is 1.69. The van der Waals surface area contributed by atoms with Crippen LogP contribution in [0.4, 0.5) is 22.5 Å². The van der Waals surface area contributed by atoms with Crippen LogP contribution in [0.3, 0.4) is 0 Å². The fourth-order valence-electron chi connectivity index (χ4n) is 4.60. The highest BCUT2D eigenvalue weighted by Crippen LogP contribution is 2.33. The first-order valence-corrected chi connectivity index (χ1v) is 13.9. The summed E-state index contributed by atoms with van der Waals surface area (Å²) in [6, 6.07) is 3.84. The van der Waals surface area contributed by atoms with Crippen molar-refractivity contribution in [2.45, 2.75) is 53.5 Å². The fraction of sp³-hybridized carbons (Fsp3) is 0.481. The second-order valence-corrected chi connectivity index (χ2v) is 10.8. The van der Waals surface area contributed by atoms with E-state index in [0.29, 0.717) is 40.2 Å². The molecular formula is C27H36ClN7O2S. The number of β-amino-alcohol motifs (C(OH)–C–C–N with tert-alkyl or cyclic N) is 1. The highest BCUT2D eigenvalue weighted by Gasteiger charge is 2.25. The van der Waals surface area contributed by atoms with E-state index in [1.54, 1.807) is 6.07 Å². The number of anilines is 4. The summed E-state index contributed by atoms with van der Waals surface area (Å²) in [4.78, 5) is 31.8. The standard InChI is InChI=1S/C27H36ClN7O2S/c1-6-19-18(5)16(3)12-20(28)25(19)33-26(37)21-14-29-27(38-21)32-23-13-24(31-22(7-2)30-23)35-9-8-34(10-11-36)15-17(35)4/h12-14,17,36H,6-11,15H2,1-5H3,(H,33,37)(H,29,30,31,32)/i6D2. The maximum atomic E-state index is 13.2. The van der Waals surface area contributed by atoms with Gasteiger partial charge in [-0.05, 0) is 49.9 Å². The van der Waals surface area contributed by atoms with Crippen LogP contribution in [-0.4, -0.2) is 69.7 Å². The first-order valence-electron chi connectivity index (χ1n) is 13.7. The Bertz CT molecular complexity index is 1380. The van der Waals surface area contributed by atoms with E-state index in [1.165, 1.54) is 24.5 Å². The minimum absolute atomic E-state index is 0.148. The monoisotopic (exact) mass is 559 g/mol. The molecule has 3 aromatic rings. The number of carbonyl (C=O) groups is 1. The zero-order valence-electron chi connectivity index (χ0n) is 24.4. The summed E-state index contributed by atoms with van der Waals surface area (Å²) in [7, 11) is 0. The van der Waals surface area contributed by atoms with E-state index in [4.69, 9.17) is 19.3 Å². The number of aryl methyl sites for hydroxylation is 2. The third-order valence-corrected chi connectivity index (χ3v) is 7.96. The Hall–Kier alpha value is -2.79. The molecule has 1 atom stereocenters. The quantitative estimate of drug-likeness (QED) is 0.342. The molecule has 1 saturated heterocycles. The topological polar surface area (TPSA) is 107 Å². The average molecular weight is 560 g/mol. The molecule has 2 aromatic heterocycles. The molecule has 1 fully saturated rings. The third kappa shape index (κ3) is 6.26. The molecule has 0 aliphatic carbocycles. The molecule has 0 saturated carbocycles. The lowest BCUT2D eigenvalue weighted by molar-refractivity contribution is 0.103. The Balaban J connectivity index is 1.53. The molecule has 0 radical (unpaired) electrons. The Labute approximate surface area is 236 Å². The Morgan fingerprint density at radius 3 is 2.76 bits per heavy atom. The molecule has 1 aliphatic heterocycles. The van der Waals surface area contributed by atoms with Gasteiger partial charge in [0, 0.05) is 47.4 Å². The van der Waals surface area contributed by atoms with Gasteiger partial charge in [0.25, 0.3) is 5.91 Å². The molecule has 4 rings (SSSR count). The van der Waals surface area contributed by atoms with Gasteiger partial charge in [0.15, 0.2) is 5.13 Å². The molecule has 0 spiro atoms. The van der Waals surface area contributed by atoms with Crippen molar-refractivity contribution in [1.29, 1.82) is 0 Å². The maximum absolute atomic E-state index is 13.2. The number of benzene rings is 1. The highest BCUT2D eigenvalue weighted by molar-refractivity contribution is 7.17. The normalized spacial score (nSPS) is 17.2. The van der Waals surface area contributed by atoms with E-state index in [0.717, 1.165) is 36.6 Å². The Morgan fingerprint density at radius 2 is 2.08 bits per heavy atom. The lowest BCUT2D eigenvalue weighted by Crippen LogP contribution is -2.52. The van der Waals surface area contributed by atoms with Crippen LogP contribution in [-0.2, 0) is 12.8 Å². The Morgan fingerprint density at radius 1 is 1.29 bits per heavy atom. The maximum Gasteiger partial charge on any atom is 0.267 e. The summed E-state index contributed by atoms with van der Waals surface area (Å²) < 4.78 is 16.6. The number of aliphatic hydroxyl groups excluding tert-OH is 1. The number of hydrogen-bond acceptors (Lipinski definition) is 9. The summed E-state index contributed by atoms with van der Waals surface area (Å²) in [6.07, 6.45) is 0.438. The Kier molecular flexibility index (Phi) is 8.30. The average Bonchev–Trinajstić information content (AvgIpc) is 3.35. The van der Waals surface area contributed by atoms with Gasteiger partial charge in [-0.3, -0.25) is 9.69 Å². The number of piperazine rings is 1. The number of thiazole rings is 1. The molecule has 0 bridgehead atoms. The number of rotatable bonds is 9. The number of halogens is 1. The van der Waals surface area contributed by atoms with Crippen molar-refractivity contribution in [1.82, 2.24) is 19.9 Å². The number of carbonyl (C=O) groups excluding carboxylic acids is 1. The minimum atomic E-state index is -1.70. The number of amides is 1. The van der Waals surface area contributed by atoms with Gasteiger partial charge < -0.3 is 20.6 Å². The van der Waals surface area contributed by atoms with Crippen LogP contribution in [0.15, 0.2) is 18.3 Å². The van der Waals surface area contributed by atoms with Gasteiger partial charge in [-0.2, -0.15) is 0 Å². The summed E-state index contributed by atoms with van der Waals surface area (Å²) >= 11 is 7.63. The molecule has 204 valence electrons. The molecule has 9 nitrogen and oxygen atoms in total. The zero-order valence-corrected chi connectivity index (χ0v) is 24.0. The number of nitrogens with zero attached hydrogens (tertiary/aromatic N) is 5. The van der Waals surface area contributed by atoms with Crippen molar-refractivity contribution in [3.63, 3.8) is 0 Å². The van der Waals surface area contributed by atoms with Gasteiger partial charge in [0.1, 0.15) is 22.3 Å². The molecule has 1 aliphatic rings. The molecule has 1 unspecified atom stereocenters. The van der Waals surface area contributed by atoms with Gasteiger partial charge in [-0.1, -0.05) is 36.8 Å². The van der Waals surface area contributed by atoms with Crippen LogP contribution in [0.1, 0.15) is 55.7 Å². The van der Waals surface area contributed by atoms with Crippen molar-refractivity contribution in [3.05, 3.63) is 50.7 Å². The van der Waals surface area contributed by atoms with E-state index in [9.17, 15) is 9.90 Å². The first-order chi connectivity index (χ1) is 18.9. The summed E-state index contributed by atoms with van der Waals surface area (Å²) in [5.41, 5.74) is 2.23. The number of aromatic nitrogens is 3. The van der Waals surface area contributed by atoms with Gasteiger partial charge >= 0.3 is 0 Å². The predicted molar refractivity (Wildman–Crippen MR) is 155 cm³/mol. The van der Waals surface area contributed by atoms with Crippen LogP contribution in [0.25, 0.3) is 0 Å². The van der Waals surface area contributed by atoms with Crippen LogP contribution >= 0.6 is 22.9 Å². The van der Waals surface area contributed by atoms with Crippen molar-refractivity contribution >= 4 is 51.3 Å². The van der Waals surface area contributed by atoms with Crippen LogP contribution < -0.4 is 15.5 Å². The molecule has 1 amide bonds. The zero-order chi connectivity index (χ0) is 29.2. The largest absolute Gasteiger partial charge is 0.395 e. The molecule has 11 heteroatoms. The molecular weight excluding hydrogens is 522 g/mol. The van der Waals surface area contributed by atoms with Crippen molar-refractivity contribution in [2.24, 2.45) is 0 Å². The molecule has 3 heterocycles. The summed E-state index contributed by atoms with van der Waals surface area (Å²) in [5, 5.41) is 16.1. The van der Waals surface area contributed by atoms with Crippen molar-refractivity contribution in [2.75, 3.05) is 48.3 Å². The van der Waals surface area contributed by atoms with E-state index >= 15 is 0 Å². The number of hydrogen-bond donors (Lipinski definition) is 3. The summed E-state index contributed by atoms with van der Waals surface area (Å²) in [6.45, 7) is 12.6. The SMILES string of the molecule is [2H]C([2H])(C)c1c(C)c(C)cc(Cl)c1NC(=O)c1cnc(Nc2cc(N3CCN(CCO)CC3C)nc(CC)n2)s1. The van der Waals surface area contributed by atoms with E-state index < -0.39 is 12.3 Å². The minimum Gasteiger partial charge on any atom is -0.395 e. The van der Waals surface area contributed by atoms with Gasteiger partial charge in [-0.15, -0.1) is 0 Å². The second-order valence-electron chi connectivity index (χ2n) is 9.36. The van der Waals surface area contributed by atoms with Gasteiger partial charge in [0.05, 0.1) is 23.5 Å². The van der Waals surface area contributed by atoms with Crippen molar-refractivity contribution in [3.8, 4) is 0 Å². The van der Waals surface area contributed by atoms with Gasteiger partial charge in [-0.25, -0.2) is 15.0 Å². The molecule has 3 N–H and O–H groups in total. The van der Waals surface area contributed by atoms with E-state index in [2.05, 4.69) is 37.3 Å². The van der Waals surface area contributed by atoms with E-state index in [-0.39, 0.29) is 23.4 Å². The second kappa shape index (κ2) is 12.4. The number of aliphatic hydroxyl groups is 1. The number of nitrogens with one attached hydrogen (secondary N) is 2. The smallest absolute Gasteiger partial charge is 0.267 e. The molecule has 38 heavy (non-hydrogen) atoms. The first kappa shape index (κ1) is 25.5. The van der Waals surface area contributed by atoms with E-state index in [1.807, 2.05) is 26.8 Å². The predicted octanol–water partition coefficient (Wildman–Crippen LogP) is 4.83. The lowest BCUT2D eigenvalue weighted by atomic mass is 9.99. The fourth-order valence-corrected chi connectivity index (χ4v) is 5.63. The van der Waals surface area contributed by atoms with Crippen LogP contribution in [0.2, 0.25) is 5.02 Å². The third-order valence-electron chi connectivity index (χ3n) is 6.75. The molecule has 1 aromatic carbocycles. The van der Waals surface area contributed by atoms with Crippen LogP contribution in [0.5, 0.6) is 0 Å². The lowest BCUT2D eigenvalue weighted by Gasteiger charge is -2.40. The van der Waals surface area contributed by atoms with Gasteiger partial charge in [0.2, 0.25) is 0 Å². The van der Waals surface area contributed by atoms with Crippen molar-refractivity contribution < 1.29 is 12.6 Å². The highest BCUT2D eigenvalue weighted by atomic mass is 35.5.